The molecule has 3 atom stereocenters. The molecule has 1 aromatic heterocycles. The summed E-state index contributed by atoms with van der Waals surface area (Å²) in [5.41, 5.74) is 3.43. The average molecular weight is 313 g/mol. The Kier molecular flexibility index (Phi) is 3.30. The van der Waals surface area contributed by atoms with Crippen molar-refractivity contribution in [1.82, 2.24) is 4.98 Å². The van der Waals surface area contributed by atoms with Gasteiger partial charge in [0.2, 0.25) is 0 Å². The highest BCUT2D eigenvalue weighted by Crippen LogP contribution is 2.54. The molecule has 4 heteroatoms. The number of allylic oxidation sites excluding steroid dienone is 2. The molecule has 112 valence electrons. The third-order valence-electron chi connectivity index (χ3n) is 4.71. The number of benzene rings is 1. The first-order valence-electron chi connectivity index (χ1n) is 7.49. The number of hydrogen-bond acceptors (Lipinski definition) is 3. The van der Waals surface area contributed by atoms with Crippen molar-refractivity contribution in [3.8, 4) is 5.75 Å². The van der Waals surface area contributed by atoms with E-state index in [9.17, 15) is 0 Å². The van der Waals surface area contributed by atoms with E-state index >= 15 is 0 Å². The largest absolute Gasteiger partial charge is 0.495 e. The van der Waals surface area contributed by atoms with Crippen molar-refractivity contribution in [1.29, 1.82) is 0 Å². The molecule has 0 radical (unpaired) electrons. The van der Waals surface area contributed by atoms with Crippen molar-refractivity contribution in [2.45, 2.75) is 18.4 Å². The summed E-state index contributed by atoms with van der Waals surface area (Å²) in [6.07, 6.45) is 9.29. The fraction of sp³-hybridized carbons (Fsp3) is 0.278. The van der Waals surface area contributed by atoms with Gasteiger partial charge in [-0.15, -0.1) is 0 Å². The number of pyridine rings is 1. The number of hydrogen-bond donors (Lipinski definition) is 1. The average Bonchev–Trinajstić information content (AvgIpc) is 3.04. The molecule has 0 saturated heterocycles. The Labute approximate surface area is 135 Å². The summed E-state index contributed by atoms with van der Waals surface area (Å²) in [6.45, 7) is 0. The number of nitrogens with zero attached hydrogens (tertiary/aromatic N) is 1. The number of fused-ring (bicyclic) bond motifs is 3. The molecular weight excluding hydrogens is 296 g/mol. The molecule has 0 saturated carbocycles. The highest BCUT2D eigenvalue weighted by atomic mass is 35.5. The van der Waals surface area contributed by atoms with Crippen LogP contribution in [0.5, 0.6) is 5.75 Å². The van der Waals surface area contributed by atoms with Gasteiger partial charge in [0.25, 0.3) is 0 Å². The Bertz CT molecular complexity index is 729. The Hall–Kier alpha value is -2.00. The van der Waals surface area contributed by atoms with Crippen LogP contribution in [0.3, 0.4) is 0 Å². The van der Waals surface area contributed by atoms with Crippen LogP contribution in [0.15, 0.2) is 48.8 Å². The van der Waals surface area contributed by atoms with Crippen LogP contribution in [0.25, 0.3) is 0 Å². The number of halogens is 1. The van der Waals surface area contributed by atoms with Gasteiger partial charge in [-0.3, -0.25) is 4.98 Å². The van der Waals surface area contributed by atoms with E-state index in [0.717, 1.165) is 28.4 Å². The lowest BCUT2D eigenvalue weighted by Crippen LogP contribution is -2.29. The minimum atomic E-state index is 0.239. The topological polar surface area (TPSA) is 34.1 Å². The molecule has 0 amide bonds. The zero-order valence-electron chi connectivity index (χ0n) is 12.3. The lowest BCUT2D eigenvalue weighted by atomic mass is 9.77. The first kappa shape index (κ1) is 13.6. The zero-order chi connectivity index (χ0) is 15.1. The first-order valence-corrected chi connectivity index (χ1v) is 7.87. The minimum absolute atomic E-state index is 0.239. The summed E-state index contributed by atoms with van der Waals surface area (Å²) in [5.74, 6) is 1.65. The molecule has 2 aliphatic rings. The van der Waals surface area contributed by atoms with E-state index in [2.05, 4.69) is 34.6 Å². The molecule has 2 heterocycles. The van der Waals surface area contributed by atoms with E-state index in [1.54, 1.807) is 7.11 Å². The third kappa shape index (κ3) is 2.00. The highest BCUT2D eigenvalue weighted by Gasteiger charge is 2.40. The van der Waals surface area contributed by atoms with Gasteiger partial charge >= 0.3 is 0 Å². The molecule has 1 aromatic carbocycles. The van der Waals surface area contributed by atoms with Crippen LogP contribution in [-0.4, -0.2) is 12.1 Å². The van der Waals surface area contributed by atoms with Gasteiger partial charge in [0.1, 0.15) is 5.75 Å². The van der Waals surface area contributed by atoms with Gasteiger partial charge in [0.15, 0.2) is 0 Å². The van der Waals surface area contributed by atoms with Gasteiger partial charge in [-0.25, -0.2) is 0 Å². The van der Waals surface area contributed by atoms with Crippen molar-refractivity contribution in [3.63, 3.8) is 0 Å². The van der Waals surface area contributed by atoms with E-state index in [1.807, 2.05) is 24.5 Å². The fourth-order valence-electron chi connectivity index (χ4n) is 3.71. The smallest absolute Gasteiger partial charge is 0.142 e. The number of nitrogens with one attached hydrogen (secondary N) is 1. The normalized spacial score (nSPS) is 25.3. The first-order chi connectivity index (χ1) is 10.8. The summed E-state index contributed by atoms with van der Waals surface area (Å²) in [7, 11) is 1.70. The molecule has 22 heavy (non-hydrogen) atoms. The molecule has 0 fully saturated rings. The van der Waals surface area contributed by atoms with Crippen LogP contribution < -0.4 is 10.1 Å². The molecule has 4 rings (SSSR count). The summed E-state index contributed by atoms with van der Waals surface area (Å²) in [5, 5.41) is 4.47. The molecule has 2 aromatic rings. The lowest BCUT2D eigenvalue weighted by molar-refractivity contribution is 0.397. The summed E-state index contributed by atoms with van der Waals surface area (Å²) >= 11 is 6.49. The predicted octanol–water partition coefficient (Wildman–Crippen LogP) is 4.57. The number of methoxy groups -OCH3 is 1. The van der Waals surface area contributed by atoms with E-state index in [1.165, 1.54) is 5.56 Å². The second-order valence-electron chi connectivity index (χ2n) is 5.79. The van der Waals surface area contributed by atoms with Gasteiger partial charge in [-0.05, 0) is 42.2 Å². The van der Waals surface area contributed by atoms with Crippen molar-refractivity contribution in [2.75, 3.05) is 12.4 Å². The van der Waals surface area contributed by atoms with Crippen molar-refractivity contribution in [2.24, 2.45) is 5.92 Å². The second kappa shape index (κ2) is 5.33. The van der Waals surface area contributed by atoms with Gasteiger partial charge in [0, 0.05) is 28.9 Å². The summed E-state index contributed by atoms with van der Waals surface area (Å²) < 4.78 is 5.54. The van der Waals surface area contributed by atoms with Gasteiger partial charge < -0.3 is 10.1 Å². The molecule has 1 aliphatic heterocycles. The Morgan fingerprint density at radius 2 is 2.05 bits per heavy atom. The van der Waals surface area contributed by atoms with Crippen LogP contribution in [0, 0.1) is 5.92 Å². The molecule has 1 N–H and O–H groups in total. The van der Waals surface area contributed by atoms with Crippen LogP contribution >= 0.6 is 11.6 Å². The van der Waals surface area contributed by atoms with E-state index in [-0.39, 0.29) is 6.04 Å². The molecule has 3 nitrogen and oxygen atoms in total. The second-order valence-corrected chi connectivity index (χ2v) is 6.20. The molecule has 3 unspecified atom stereocenters. The van der Waals surface area contributed by atoms with Crippen molar-refractivity contribution in [3.05, 3.63) is 65.0 Å². The fourth-order valence-corrected chi connectivity index (χ4v) is 3.99. The SMILES string of the molecule is COc1ccc(Cl)c2c1NC(c1ccncc1)C1CC=CC21. The number of ether oxygens (including phenoxy) is 1. The molecule has 0 spiro atoms. The number of aromatic nitrogens is 1. The van der Waals surface area contributed by atoms with Crippen molar-refractivity contribution >= 4 is 17.3 Å². The number of rotatable bonds is 2. The van der Waals surface area contributed by atoms with Crippen LogP contribution in [0.1, 0.15) is 29.5 Å². The zero-order valence-corrected chi connectivity index (χ0v) is 13.0. The Morgan fingerprint density at radius 1 is 1.23 bits per heavy atom. The summed E-state index contributed by atoms with van der Waals surface area (Å²) in [6, 6.07) is 8.25. The minimum Gasteiger partial charge on any atom is -0.495 e. The maximum atomic E-state index is 6.49. The van der Waals surface area contributed by atoms with E-state index < -0.39 is 0 Å². The van der Waals surface area contributed by atoms with E-state index in [0.29, 0.717) is 11.8 Å². The number of anilines is 1. The summed E-state index contributed by atoms with van der Waals surface area (Å²) in [4.78, 5) is 4.13. The lowest BCUT2D eigenvalue weighted by Gasteiger charge is -2.38. The molecular formula is C18H17ClN2O. The van der Waals surface area contributed by atoms with Crippen LogP contribution in [0.4, 0.5) is 5.69 Å². The maximum Gasteiger partial charge on any atom is 0.142 e. The van der Waals surface area contributed by atoms with Crippen molar-refractivity contribution < 1.29 is 4.74 Å². The van der Waals surface area contributed by atoms with E-state index in [4.69, 9.17) is 16.3 Å². The quantitative estimate of drug-likeness (QED) is 0.825. The predicted molar refractivity (Wildman–Crippen MR) is 88.6 cm³/mol. The van der Waals surface area contributed by atoms with Gasteiger partial charge in [-0.1, -0.05) is 23.8 Å². The van der Waals surface area contributed by atoms with Gasteiger partial charge in [-0.2, -0.15) is 0 Å². The Balaban J connectivity index is 1.87. The third-order valence-corrected chi connectivity index (χ3v) is 5.04. The monoisotopic (exact) mass is 312 g/mol. The van der Waals surface area contributed by atoms with Crippen LogP contribution in [0.2, 0.25) is 5.02 Å². The van der Waals surface area contributed by atoms with Crippen LogP contribution in [-0.2, 0) is 0 Å². The Morgan fingerprint density at radius 3 is 2.82 bits per heavy atom. The molecule has 0 bridgehead atoms. The maximum absolute atomic E-state index is 6.49. The highest BCUT2D eigenvalue weighted by molar-refractivity contribution is 6.32. The standard InChI is InChI=1S/C18H17ClN2O/c1-22-15-6-5-14(19)16-12-3-2-4-13(12)17(21-18(15)16)11-7-9-20-10-8-11/h2-3,5-10,12-13,17,21H,4H2,1H3. The molecule has 1 aliphatic carbocycles. The van der Waals surface area contributed by atoms with Gasteiger partial charge in [0.05, 0.1) is 18.8 Å².